The zero-order valence-corrected chi connectivity index (χ0v) is 10.1. The van der Waals surface area contributed by atoms with Gasteiger partial charge in [0.25, 0.3) is 0 Å². The number of aryl methyl sites for hydroxylation is 1. The lowest BCUT2D eigenvalue weighted by Gasteiger charge is -2.32. The lowest BCUT2D eigenvalue weighted by molar-refractivity contribution is 0.110. The van der Waals surface area contributed by atoms with Crippen molar-refractivity contribution in [3.63, 3.8) is 0 Å². The normalized spacial score (nSPS) is 23.8. The number of phenols is 2. The van der Waals surface area contributed by atoms with Crippen molar-refractivity contribution >= 4 is 0 Å². The van der Waals surface area contributed by atoms with Gasteiger partial charge in [0, 0.05) is 12.1 Å². The van der Waals surface area contributed by atoms with Crippen LogP contribution in [-0.2, 0) is 6.42 Å². The van der Waals surface area contributed by atoms with E-state index in [0.29, 0.717) is 11.6 Å². The standard InChI is InChI=1S/C13H19NO3/c1-7(2)14-10-4-3-8-5-11(15)12(16)6-9(8)13(10)17/h5-7,10,13-17H,3-4H2,1-2H3/t10-,13+/m0/s1. The summed E-state index contributed by atoms with van der Waals surface area (Å²) in [6.45, 7) is 4.08. The van der Waals surface area contributed by atoms with Gasteiger partial charge in [-0.1, -0.05) is 13.8 Å². The maximum atomic E-state index is 10.2. The Balaban J connectivity index is 2.28. The Morgan fingerprint density at radius 2 is 1.88 bits per heavy atom. The summed E-state index contributed by atoms with van der Waals surface area (Å²) in [6.07, 6.45) is 0.994. The molecule has 94 valence electrons. The molecule has 0 aromatic heterocycles. The number of hydrogen-bond donors (Lipinski definition) is 4. The number of aliphatic hydroxyl groups is 1. The van der Waals surface area contributed by atoms with E-state index in [-0.39, 0.29) is 17.5 Å². The van der Waals surface area contributed by atoms with Crippen molar-refractivity contribution < 1.29 is 15.3 Å². The highest BCUT2D eigenvalue weighted by molar-refractivity contribution is 5.47. The molecule has 0 radical (unpaired) electrons. The number of aromatic hydroxyl groups is 2. The van der Waals surface area contributed by atoms with Gasteiger partial charge < -0.3 is 20.6 Å². The lowest BCUT2D eigenvalue weighted by atomic mass is 9.85. The smallest absolute Gasteiger partial charge is 0.157 e. The average Bonchev–Trinajstić information content (AvgIpc) is 2.25. The summed E-state index contributed by atoms with van der Waals surface area (Å²) >= 11 is 0. The van der Waals surface area contributed by atoms with Crippen LogP contribution < -0.4 is 5.32 Å². The third-order valence-electron chi connectivity index (χ3n) is 3.21. The molecule has 17 heavy (non-hydrogen) atoms. The van der Waals surface area contributed by atoms with Gasteiger partial charge in [-0.25, -0.2) is 0 Å². The molecule has 1 aromatic carbocycles. The molecule has 4 nitrogen and oxygen atoms in total. The first-order valence-electron chi connectivity index (χ1n) is 5.98. The van der Waals surface area contributed by atoms with Crippen LogP contribution in [0.3, 0.4) is 0 Å². The Kier molecular flexibility index (Phi) is 3.26. The minimum absolute atomic E-state index is 0.00597. The van der Waals surface area contributed by atoms with Crippen LogP contribution in [0.25, 0.3) is 0 Å². The summed E-state index contributed by atoms with van der Waals surface area (Å²) in [5.41, 5.74) is 1.62. The van der Waals surface area contributed by atoms with E-state index in [1.165, 1.54) is 6.07 Å². The predicted octanol–water partition coefficient (Wildman–Crippen LogP) is 1.44. The number of fused-ring (bicyclic) bond motifs is 1. The number of nitrogens with one attached hydrogen (secondary N) is 1. The van der Waals surface area contributed by atoms with Crippen molar-refractivity contribution in [3.8, 4) is 11.5 Å². The average molecular weight is 237 g/mol. The van der Waals surface area contributed by atoms with E-state index in [4.69, 9.17) is 0 Å². The van der Waals surface area contributed by atoms with Gasteiger partial charge in [-0.2, -0.15) is 0 Å². The minimum Gasteiger partial charge on any atom is -0.504 e. The van der Waals surface area contributed by atoms with Crippen molar-refractivity contribution in [1.29, 1.82) is 0 Å². The molecule has 4 heteroatoms. The zero-order chi connectivity index (χ0) is 12.6. The van der Waals surface area contributed by atoms with Gasteiger partial charge in [-0.15, -0.1) is 0 Å². The van der Waals surface area contributed by atoms with Crippen molar-refractivity contribution in [2.75, 3.05) is 0 Å². The molecule has 0 amide bonds. The Morgan fingerprint density at radius 1 is 1.24 bits per heavy atom. The largest absolute Gasteiger partial charge is 0.504 e. The molecule has 0 bridgehead atoms. The molecule has 1 aliphatic rings. The maximum absolute atomic E-state index is 10.2. The first kappa shape index (κ1) is 12.2. The van der Waals surface area contributed by atoms with Gasteiger partial charge in [0.2, 0.25) is 0 Å². The van der Waals surface area contributed by atoms with Crippen molar-refractivity contribution in [1.82, 2.24) is 5.32 Å². The van der Waals surface area contributed by atoms with Gasteiger partial charge in [-0.3, -0.25) is 0 Å². The quantitative estimate of drug-likeness (QED) is 0.587. The maximum Gasteiger partial charge on any atom is 0.157 e. The van der Waals surface area contributed by atoms with Crippen LogP contribution in [0.15, 0.2) is 12.1 Å². The van der Waals surface area contributed by atoms with E-state index in [0.717, 1.165) is 18.4 Å². The van der Waals surface area contributed by atoms with Crippen LogP contribution in [0.5, 0.6) is 11.5 Å². The highest BCUT2D eigenvalue weighted by Gasteiger charge is 2.29. The topological polar surface area (TPSA) is 72.7 Å². The SMILES string of the molecule is CC(C)N[C@H]1CCc2cc(O)c(O)cc2[C@H]1O. The van der Waals surface area contributed by atoms with Crippen LogP contribution in [0.2, 0.25) is 0 Å². The van der Waals surface area contributed by atoms with Crippen molar-refractivity contribution in [3.05, 3.63) is 23.3 Å². The second-order valence-electron chi connectivity index (χ2n) is 4.95. The number of benzene rings is 1. The fraction of sp³-hybridized carbons (Fsp3) is 0.538. The molecule has 0 fully saturated rings. The fourth-order valence-corrected chi connectivity index (χ4v) is 2.42. The molecule has 2 rings (SSSR count). The van der Waals surface area contributed by atoms with Crippen LogP contribution in [-0.4, -0.2) is 27.4 Å². The van der Waals surface area contributed by atoms with Crippen LogP contribution in [0.1, 0.15) is 37.5 Å². The Bertz CT molecular complexity index is 417. The number of aliphatic hydroxyl groups excluding tert-OH is 1. The van der Waals surface area contributed by atoms with Gasteiger partial charge in [0.05, 0.1) is 6.10 Å². The van der Waals surface area contributed by atoms with Crippen LogP contribution in [0.4, 0.5) is 0 Å². The molecule has 0 unspecified atom stereocenters. The first-order chi connectivity index (χ1) is 7.99. The molecule has 0 heterocycles. The number of phenolic OH excluding ortho intramolecular Hbond substituents is 2. The van der Waals surface area contributed by atoms with E-state index < -0.39 is 6.10 Å². The summed E-state index contributed by atoms with van der Waals surface area (Å²) < 4.78 is 0. The third-order valence-corrected chi connectivity index (χ3v) is 3.21. The number of hydrogen-bond acceptors (Lipinski definition) is 4. The summed E-state index contributed by atoms with van der Waals surface area (Å²) in [5, 5.41) is 32.4. The fourth-order valence-electron chi connectivity index (χ4n) is 2.42. The molecule has 0 saturated heterocycles. The van der Waals surface area contributed by atoms with E-state index >= 15 is 0 Å². The van der Waals surface area contributed by atoms with Crippen LogP contribution in [0, 0.1) is 0 Å². The Labute approximate surface area is 101 Å². The molecule has 1 aliphatic carbocycles. The second-order valence-corrected chi connectivity index (χ2v) is 4.95. The summed E-state index contributed by atoms with van der Waals surface area (Å²) in [6, 6.07) is 3.32. The van der Waals surface area contributed by atoms with E-state index in [9.17, 15) is 15.3 Å². The first-order valence-corrected chi connectivity index (χ1v) is 5.98. The summed E-state index contributed by atoms with van der Waals surface area (Å²) in [7, 11) is 0. The molecule has 0 spiro atoms. The summed E-state index contributed by atoms with van der Waals surface area (Å²) in [4.78, 5) is 0. The number of rotatable bonds is 2. The summed E-state index contributed by atoms with van der Waals surface area (Å²) in [5.74, 6) is -0.292. The monoisotopic (exact) mass is 237 g/mol. The van der Waals surface area contributed by atoms with E-state index in [2.05, 4.69) is 5.32 Å². The van der Waals surface area contributed by atoms with Gasteiger partial charge in [0.15, 0.2) is 11.5 Å². The van der Waals surface area contributed by atoms with E-state index in [1.807, 2.05) is 13.8 Å². The molecule has 0 saturated carbocycles. The Morgan fingerprint density at radius 3 is 2.53 bits per heavy atom. The zero-order valence-electron chi connectivity index (χ0n) is 10.1. The predicted molar refractivity (Wildman–Crippen MR) is 65.1 cm³/mol. The highest BCUT2D eigenvalue weighted by Crippen LogP contribution is 2.37. The van der Waals surface area contributed by atoms with Gasteiger partial charge in [0.1, 0.15) is 0 Å². The van der Waals surface area contributed by atoms with E-state index in [1.54, 1.807) is 6.07 Å². The minimum atomic E-state index is -0.632. The molecule has 4 N–H and O–H groups in total. The molecule has 0 aliphatic heterocycles. The third kappa shape index (κ3) is 2.37. The molecule has 2 atom stereocenters. The van der Waals surface area contributed by atoms with Gasteiger partial charge in [-0.05, 0) is 36.1 Å². The van der Waals surface area contributed by atoms with Crippen LogP contribution >= 0.6 is 0 Å². The second kappa shape index (κ2) is 4.55. The lowest BCUT2D eigenvalue weighted by Crippen LogP contribution is -2.41. The molecular weight excluding hydrogens is 218 g/mol. The van der Waals surface area contributed by atoms with Gasteiger partial charge >= 0.3 is 0 Å². The molecular formula is C13H19NO3. The Hall–Kier alpha value is -1.26. The molecule has 1 aromatic rings. The van der Waals surface area contributed by atoms with Crippen molar-refractivity contribution in [2.24, 2.45) is 0 Å². The van der Waals surface area contributed by atoms with Crippen molar-refractivity contribution in [2.45, 2.75) is 44.9 Å². The highest BCUT2D eigenvalue weighted by atomic mass is 16.3.